The number of alkyl halides is 1. The summed E-state index contributed by atoms with van der Waals surface area (Å²) in [5.74, 6) is 0.928. The quantitative estimate of drug-likeness (QED) is 0.693. The third kappa shape index (κ3) is 2.06. The molecule has 1 atom stereocenters. The van der Waals surface area contributed by atoms with E-state index in [0.29, 0.717) is 0 Å². The van der Waals surface area contributed by atoms with Crippen LogP contribution in [0.4, 0.5) is 0 Å². The lowest BCUT2D eigenvalue weighted by Gasteiger charge is -2.19. The number of hydrogen-bond acceptors (Lipinski definition) is 1. The van der Waals surface area contributed by atoms with Gasteiger partial charge in [-0.1, -0.05) is 19.9 Å². The van der Waals surface area contributed by atoms with Gasteiger partial charge >= 0.3 is 0 Å². The van der Waals surface area contributed by atoms with Gasteiger partial charge in [0.15, 0.2) is 0 Å². The number of fused-ring (bicyclic) bond motifs is 1. The smallest absolute Gasteiger partial charge is 0.120 e. The molecule has 1 aliphatic rings. The van der Waals surface area contributed by atoms with Crippen molar-refractivity contribution in [1.29, 1.82) is 0 Å². The van der Waals surface area contributed by atoms with Crippen LogP contribution >= 0.6 is 11.6 Å². The second-order valence-electron chi connectivity index (χ2n) is 5.47. The maximum absolute atomic E-state index is 6.38. The van der Waals surface area contributed by atoms with E-state index in [1.165, 1.54) is 11.1 Å². The van der Waals surface area contributed by atoms with Gasteiger partial charge in [0, 0.05) is 0 Å². The summed E-state index contributed by atoms with van der Waals surface area (Å²) in [6.07, 6.45) is 1.22. The summed E-state index contributed by atoms with van der Waals surface area (Å²) in [5, 5.41) is 0.126. The van der Waals surface area contributed by atoms with Crippen LogP contribution in [0.3, 0.4) is 0 Å². The lowest BCUT2D eigenvalue weighted by Crippen LogP contribution is -2.12. The van der Waals surface area contributed by atoms with E-state index in [2.05, 4.69) is 32.0 Å². The molecule has 0 bridgehead atoms. The van der Waals surface area contributed by atoms with Crippen LogP contribution in [-0.4, -0.2) is 6.10 Å². The Morgan fingerprint density at radius 1 is 1.38 bits per heavy atom. The summed E-state index contributed by atoms with van der Waals surface area (Å²) in [6.45, 7) is 8.57. The Morgan fingerprint density at radius 2 is 2.06 bits per heavy atom. The number of benzene rings is 1. The Labute approximate surface area is 103 Å². The third-order valence-electron chi connectivity index (χ3n) is 3.15. The highest BCUT2D eigenvalue weighted by Gasteiger charge is 2.35. The first-order chi connectivity index (χ1) is 7.40. The minimum absolute atomic E-state index is 0.126. The third-order valence-corrected chi connectivity index (χ3v) is 3.54. The first kappa shape index (κ1) is 11.8. The van der Waals surface area contributed by atoms with Crippen LogP contribution in [0.1, 0.15) is 50.6 Å². The molecule has 0 spiro atoms. The van der Waals surface area contributed by atoms with E-state index in [4.69, 9.17) is 16.3 Å². The molecule has 0 amide bonds. The van der Waals surface area contributed by atoms with Crippen LogP contribution in [0.2, 0.25) is 0 Å². The Balaban J connectivity index is 2.37. The number of rotatable bonds is 2. The Kier molecular flexibility index (Phi) is 2.91. The molecule has 0 aliphatic heterocycles. The molecular formula is C14H19ClO. The zero-order valence-electron chi connectivity index (χ0n) is 10.4. The summed E-state index contributed by atoms with van der Waals surface area (Å²) in [5.41, 5.74) is 2.80. The van der Waals surface area contributed by atoms with Crippen molar-refractivity contribution in [2.45, 2.75) is 51.0 Å². The van der Waals surface area contributed by atoms with Crippen LogP contribution < -0.4 is 4.74 Å². The van der Waals surface area contributed by atoms with Gasteiger partial charge < -0.3 is 4.74 Å². The molecule has 0 fully saturated rings. The molecular weight excluding hydrogens is 220 g/mol. The van der Waals surface area contributed by atoms with E-state index in [-0.39, 0.29) is 16.9 Å². The lowest BCUT2D eigenvalue weighted by atomic mass is 9.87. The highest BCUT2D eigenvalue weighted by atomic mass is 35.5. The van der Waals surface area contributed by atoms with E-state index in [9.17, 15) is 0 Å². The molecule has 0 aromatic heterocycles. The summed E-state index contributed by atoms with van der Waals surface area (Å²) >= 11 is 6.38. The lowest BCUT2D eigenvalue weighted by molar-refractivity contribution is 0.242. The first-order valence-electron chi connectivity index (χ1n) is 5.85. The maximum atomic E-state index is 6.38. The van der Waals surface area contributed by atoms with Crippen molar-refractivity contribution in [3.8, 4) is 5.75 Å². The Morgan fingerprint density at radius 3 is 2.69 bits per heavy atom. The molecule has 0 saturated heterocycles. The van der Waals surface area contributed by atoms with Gasteiger partial charge in [0.1, 0.15) is 5.75 Å². The normalized spacial score (nSPS) is 22.2. The predicted octanol–water partition coefficient (Wildman–Crippen LogP) is 4.44. The average molecular weight is 239 g/mol. The second kappa shape index (κ2) is 3.96. The van der Waals surface area contributed by atoms with Crippen molar-refractivity contribution < 1.29 is 4.74 Å². The zero-order valence-corrected chi connectivity index (χ0v) is 11.1. The fourth-order valence-corrected chi connectivity index (χ4v) is 3.00. The van der Waals surface area contributed by atoms with Crippen LogP contribution in [0, 0.1) is 0 Å². The van der Waals surface area contributed by atoms with E-state index < -0.39 is 0 Å². The van der Waals surface area contributed by atoms with Crippen molar-refractivity contribution in [2.75, 3.05) is 0 Å². The number of halogens is 1. The van der Waals surface area contributed by atoms with Gasteiger partial charge in [0.2, 0.25) is 0 Å². The summed E-state index contributed by atoms with van der Waals surface area (Å²) in [7, 11) is 0. The van der Waals surface area contributed by atoms with E-state index in [1.54, 1.807) is 0 Å². The SMILES string of the molecule is CC(C)Oc1ccc2c(c1)C(Cl)CC2(C)C. The van der Waals surface area contributed by atoms with E-state index >= 15 is 0 Å². The van der Waals surface area contributed by atoms with Crippen LogP contribution in [-0.2, 0) is 5.41 Å². The zero-order chi connectivity index (χ0) is 11.9. The highest BCUT2D eigenvalue weighted by molar-refractivity contribution is 6.21. The summed E-state index contributed by atoms with van der Waals surface area (Å²) in [4.78, 5) is 0. The molecule has 0 heterocycles. The van der Waals surface area contributed by atoms with Crippen molar-refractivity contribution >= 4 is 11.6 Å². The van der Waals surface area contributed by atoms with Gasteiger partial charge in [-0.25, -0.2) is 0 Å². The standard InChI is InChI=1S/C14H19ClO/c1-9(2)16-10-5-6-12-11(7-10)13(15)8-14(12,3)4/h5-7,9,13H,8H2,1-4H3. The minimum Gasteiger partial charge on any atom is -0.491 e. The highest BCUT2D eigenvalue weighted by Crippen LogP contribution is 2.48. The van der Waals surface area contributed by atoms with Crippen molar-refractivity contribution in [2.24, 2.45) is 0 Å². The molecule has 1 aliphatic carbocycles. The molecule has 0 saturated carbocycles. The van der Waals surface area contributed by atoms with E-state index in [0.717, 1.165) is 12.2 Å². The fourth-order valence-electron chi connectivity index (χ4n) is 2.43. The molecule has 1 aromatic rings. The van der Waals surface area contributed by atoms with Crippen LogP contribution in [0.15, 0.2) is 18.2 Å². The maximum Gasteiger partial charge on any atom is 0.120 e. The monoisotopic (exact) mass is 238 g/mol. The predicted molar refractivity (Wildman–Crippen MR) is 68.4 cm³/mol. The fraction of sp³-hybridized carbons (Fsp3) is 0.571. The largest absolute Gasteiger partial charge is 0.491 e. The number of hydrogen-bond donors (Lipinski definition) is 0. The molecule has 16 heavy (non-hydrogen) atoms. The summed E-state index contributed by atoms with van der Waals surface area (Å²) < 4.78 is 5.70. The van der Waals surface area contributed by atoms with Gasteiger partial charge in [0.05, 0.1) is 11.5 Å². The van der Waals surface area contributed by atoms with Gasteiger partial charge in [-0.15, -0.1) is 11.6 Å². The topological polar surface area (TPSA) is 9.23 Å². The van der Waals surface area contributed by atoms with Crippen molar-refractivity contribution in [3.05, 3.63) is 29.3 Å². The number of ether oxygens (including phenoxy) is 1. The van der Waals surface area contributed by atoms with Crippen molar-refractivity contribution in [3.63, 3.8) is 0 Å². The average Bonchev–Trinajstić information content (AvgIpc) is 2.36. The Hall–Kier alpha value is -0.690. The molecule has 0 N–H and O–H groups in total. The Bertz CT molecular complexity index is 396. The molecule has 2 rings (SSSR count). The van der Waals surface area contributed by atoms with Gasteiger partial charge in [-0.3, -0.25) is 0 Å². The molecule has 1 nitrogen and oxygen atoms in total. The van der Waals surface area contributed by atoms with E-state index in [1.807, 2.05) is 13.8 Å². The first-order valence-corrected chi connectivity index (χ1v) is 6.29. The van der Waals surface area contributed by atoms with Crippen LogP contribution in [0.5, 0.6) is 5.75 Å². The molecule has 2 heteroatoms. The van der Waals surface area contributed by atoms with Gasteiger partial charge in [0.25, 0.3) is 0 Å². The van der Waals surface area contributed by atoms with Gasteiger partial charge in [-0.2, -0.15) is 0 Å². The molecule has 88 valence electrons. The second-order valence-corrected chi connectivity index (χ2v) is 6.00. The van der Waals surface area contributed by atoms with Crippen molar-refractivity contribution in [1.82, 2.24) is 0 Å². The molecule has 1 aromatic carbocycles. The molecule has 0 radical (unpaired) electrons. The molecule has 1 unspecified atom stereocenters. The summed E-state index contributed by atoms with van der Waals surface area (Å²) in [6, 6.07) is 6.31. The van der Waals surface area contributed by atoms with Gasteiger partial charge in [-0.05, 0) is 48.9 Å². The van der Waals surface area contributed by atoms with Crippen LogP contribution in [0.25, 0.3) is 0 Å². The minimum atomic E-state index is 0.126.